The number of aryl methyl sites for hydroxylation is 1. The van der Waals surface area contributed by atoms with E-state index in [2.05, 4.69) is 11.9 Å². The number of aromatic nitrogens is 1. The fraction of sp³-hybridized carbons (Fsp3) is 0.286. The fourth-order valence-electron chi connectivity index (χ4n) is 2.13. The largest absolute Gasteiger partial charge is 0.366 e. The molecule has 0 aliphatic carbocycles. The third-order valence-electron chi connectivity index (χ3n) is 3.03. The Labute approximate surface area is 105 Å². The summed E-state index contributed by atoms with van der Waals surface area (Å²) in [5.74, 6) is -0.524. The van der Waals surface area contributed by atoms with Crippen LogP contribution in [0.2, 0.25) is 0 Å². The van der Waals surface area contributed by atoms with Crippen LogP contribution in [0.15, 0.2) is 29.1 Å². The number of para-hydroxylation sites is 1. The molecule has 1 amide bonds. The Bertz CT molecular complexity index is 644. The highest BCUT2D eigenvalue weighted by Crippen LogP contribution is 2.20. The molecule has 0 atom stereocenters. The normalized spacial score (nSPS) is 10.7. The van der Waals surface area contributed by atoms with Crippen LogP contribution in [0.5, 0.6) is 0 Å². The van der Waals surface area contributed by atoms with Gasteiger partial charge >= 0.3 is 0 Å². The molecule has 1 heterocycles. The van der Waals surface area contributed by atoms with Gasteiger partial charge in [0.25, 0.3) is 5.91 Å². The number of fused-ring (bicyclic) bond motifs is 1. The molecule has 1 aromatic heterocycles. The number of primary amides is 1. The first kappa shape index (κ1) is 12.4. The highest BCUT2D eigenvalue weighted by atomic mass is 16.1. The average molecular weight is 244 g/mol. The number of H-pyrrole nitrogens is 1. The number of pyridine rings is 1. The second kappa shape index (κ2) is 5.04. The molecular formula is C14H16N2O2. The maximum Gasteiger partial charge on any atom is 0.250 e. The van der Waals surface area contributed by atoms with Crippen molar-refractivity contribution >= 4 is 16.8 Å². The summed E-state index contributed by atoms with van der Waals surface area (Å²) in [6, 6.07) is 6.92. The molecule has 2 aromatic rings. The average Bonchev–Trinajstić information content (AvgIpc) is 2.34. The van der Waals surface area contributed by atoms with Crippen molar-refractivity contribution in [3.8, 4) is 0 Å². The number of unbranched alkanes of at least 4 members (excludes halogenated alkanes) is 1. The van der Waals surface area contributed by atoms with Crippen molar-refractivity contribution < 1.29 is 4.79 Å². The zero-order valence-electron chi connectivity index (χ0n) is 10.3. The van der Waals surface area contributed by atoms with Crippen LogP contribution in [0.25, 0.3) is 10.9 Å². The molecule has 0 unspecified atom stereocenters. The van der Waals surface area contributed by atoms with Gasteiger partial charge in [-0.05, 0) is 24.5 Å². The van der Waals surface area contributed by atoms with Crippen molar-refractivity contribution in [1.29, 1.82) is 0 Å². The molecule has 3 N–H and O–H groups in total. The Morgan fingerprint density at radius 2 is 2.17 bits per heavy atom. The molecule has 2 rings (SSSR count). The third kappa shape index (κ3) is 2.27. The number of carbonyl (C=O) groups excluding carboxylic acids is 1. The molecule has 1 aromatic carbocycles. The minimum atomic E-state index is -0.524. The number of hydrogen-bond acceptors (Lipinski definition) is 2. The van der Waals surface area contributed by atoms with E-state index in [-0.39, 0.29) is 5.56 Å². The number of nitrogens with one attached hydrogen (secondary N) is 1. The summed E-state index contributed by atoms with van der Waals surface area (Å²) in [6.45, 7) is 2.10. The molecular weight excluding hydrogens is 228 g/mol. The second-order valence-electron chi connectivity index (χ2n) is 4.35. The van der Waals surface area contributed by atoms with Gasteiger partial charge in [-0.1, -0.05) is 25.5 Å². The summed E-state index contributed by atoms with van der Waals surface area (Å²) in [6.07, 6.45) is 2.91. The first-order chi connectivity index (χ1) is 8.63. The lowest BCUT2D eigenvalue weighted by molar-refractivity contribution is 0.100. The van der Waals surface area contributed by atoms with Crippen LogP contribution in [0.4, 0.5) is 0 Å². The van der Waals surface area contributed by atoms with Crippen LogP contribution in [-0.4, -0.2) is 10.9 Å². The molecule has 0 aliphatic heterocycles. The van der Waals surface area contributed by atoms with E-state index in [0.29, 0.717) is 11.1 Å². The summed E-state index contributed by atoms with van der Waals surface area (Å²) >= 11 is 0. The van der Waals surface area contributed by atoms with E-state index in [1.54, 1.807) is 18.2 Å². The monoisotopic (exact) mass is 244 g/mol. The predicted octanol–water partition coefficient (Wildman–Crippen LogP) is 1.97. The van der Waals surface area contributed by atoms with Crippen molar-refractivity contribution in [2.45, 2.75) is 26.2 Å². The lowest BCUT2D eigenvalue weighted by Gasteiger charge is -2.08. The SMILES string of the molecule is CCCCc1cc(=O)[nH]c2c(C(N)=O)cccc12. The van der Waals surface area contributed by atoms with Gasteiger partial charge in [0.05, 0.1) is 11.1 Å². The minimum absolute atomic E-state index is 0.192. The van der Waals surface area contributed by atoms with E-state index in [0.717, 1.165) is 30.2 Å². The molecule has 0 bridgehead atoms. The molecule has 0 saturated heterocycles. The molecule has 0 spiro atoms. The van der Waals surface area contributed by atoms with Gasteiger partial charge in [-0.2, -0.15) is 0 Å². The predicted molar refractivity (Wildman–Crippen MR) is 71.7 cm³/mol. The number of amides is 1. The standard InChI is InChI=1S/C14H16N2O2/c1-2-3-5-9-8-12(17)16-13-10(9)6-4-7-11(13)14(15)18/h4,6-8H,2-3,5H2,1H3,(H2,15,18)(H,16,17). The summed E-state index contributed by atoms with van der Waals surface area (Å²) in [5, 5.41) is 0.902. The van der Waals surface area contributed by atoms with Crippen LogP contribution in [0.1, 0.15) is 35.7 Å². The Balaban J connectivity index is 2.69. The lowest BCUT2D eigenvalue weighted by atomic mass is 10.0. The highest BCUT2D eigenvalue weighted by molar-refractivity contribution is 6.05. The van der Waals surface area contributed by atoms with E-state index in [9.17, 15) is 9.59 Å². The van der Waals surface area contributed by atoms with Crippen molar-refractivity contribution in [1.82, 2.24) is 4.98 Å². The summed E-state index contributed by atoms with van der Waals surface area (Å²) in [4.78, 5) is 25.7. The van der Waals surface area contributed by atoms with E-state index >= 15 is 0 Å². The number of nitrogens with two attached hydrogens (primary N) is 1. The number of hydrogen-bond donors (Lipinski definition) is 2. The molecule has 4 heteroatoms. The molecule has 0 aliphatic rings. The number of benzene rings is 1. The summed E-state index contributed by atoms with van der Waals surface area (Å²) in [7, 11) is 0. The van der Waals surface area contributed by atoms with Crippen molar-refractivity contribution in [2.24, 2.45) is 5.73 Å². The summed E-state index contributed by atoms with van der Waals surface area (Å²) in [5.41, 5.74) is 7.01. The van der Waals surface area contributed by atoms with Crippen LogP contribution in [0.3, 0.4) is 0 Å². The van der Waals surface area contributed by atoms with Crippen molar-refractivity contribution in [3.63, 3.8) is 0 Å². The van der Waals surface area contributed by atoms with Crippen LogP contribution in [0, 0.1) is 0 Å². The topological polar surface area (TPSA) is 75.9 Å². The molecule has 94 valence electrons. The number of carbonyl (C=O) groups is 1. The van der Waals surface area contributed by atoms with E-state index in [4.69, 9.17) is 5.73 Å². The maximum atomic E-state index is 11.6. The molecule has 0 radical (unpaired) electrons. The first-order valence-electron chi connectivity index (χ1n) is 6.08. The van der Waals surface area contributed by atoms with Crippen LogP contribution >= 0.6 is 0 Å². The number of aromatic amines is 1. The molecule has 4 nitrogen and oxygen atoms in total. The second-order valence-corrected chi connectivity index (χ2v) is 4.35. The van der Waals surface area contributed by atoms with E-state index in [1.165, 1.54) is 0 Å². The zero-order valence-corrected chi connectivity index (χ0v) is 10.3. The van der Waals surface area contributed by atoms with Gasteiger partial charge in [-0.3, -0.25) is 9.59 Å². The van der Waals surface area contributed by atoms with Gasteiger partial charge < -0.3 is 10.7 Å². The van der Waals surface area contributed by atoms with Crippen molar-refractivity contribution in [2.75, 3.05) is 0 Å². The van der Waals surface area contributed by atoms with E-state index < -0.39 is 5.91 Å². The smallest absolute Gasteiger partial charge is 0.250 e. The van der Waals surface area contributed by atoms with Crippen LogP contribution < -0.4 is 11.3 Å². The Hall–Kier alpha value is -2.10. The summed E-state index contributed by atoms with van der Waals surface area (Å²) < 4.78 is 0. The maximum absolute atomic E-state index is 11.6. The van der Waals surface area contributed by atoms with Gasteiger partial charge in [0.15, 0.2) is 0 Å². The van der Waals surface area contributed by atoms with Gasteiger partial charge in [-0.25, -0.2) is 0 Å². The van der Waals surface area contributed by atoms with Crippen LogP contribution in [-0.2, 0) is 6.42 Å². The van der Waals surface area contributed by atoms with Gasteiger partial charge in [0.1, 0.15) is 0 Å². The highest BCUT2D eigenvalue weighted by Gasteiger charge is 2.10. The Morgan fingerprint density at radius 3 is 2.83 bits per heavy atom. The first-order valence-corrected chi connectivity index (χ1v) is 6.08. The van der Waals surface area contributed by atoms with Gasteiger partial charge in [0.2, 0.25) is 5.56 Å². The number of rotatable bonds is 4. The minimum Gasteiger partial charge on any atom is -0.366 e. The van der Waals surface area contributed by atoms with E-state index in [1.807, 2.05) is 6.07 Å². The third-order valence-corrected chi connectivity index (χ3v) is 3.03. The van der Waals surface area contributed by atoms with Gasteiger partial charge in [-0.15, -0.1) is 0 Å². The molecule has 18 heavy (non-hydrogen) atoms. The molecule has 0 fully saturated rings. The molecule has 0 saturated carbocycles. The Kier molecular flexibility index (Phi) is 3.46. The Morgan fingerprint density at radius 1 is 1.39 bits per heavy atom. The fourth-order valence-corrected chi connectivity index (χ4v) is 2.13. The zero-order chi connectivity index (χ0) is 13.1. The van der Waals surface area contributed by atoms with Gasteiger partial charge in [0, 0.05) is 11.5 Å². The quantitative estimate of drug-likeness (QED) is 0.862. The van der Waals surface area contributed by atoms with Crippen molar-refractivity contribution in [3.05, 3.63) is 45.7 Å². The lowest BCUT2D eigenvalue weighted by Crippen LogP contribution is -2.15.